The van der Waals surface area contributed by atoms with Crippen molar-refractivity contribution in [1.29, 1.82) is 0 Å². The van der Waals surface area contributed by atoms with Crippen molar-refractivity contribution in [1.82, 2.24) is 5.32 Å². The number of nitrogens with one attached hydrogen (secondary N) is 2. The van der Waals surface area contributed by atoms with Crippen LogP contribution in [0.5, 0.6) is 0 Å². The summed E-state index contributed by atoms with van der Waals surface area (Å²) in [7, 11) is 0. The molecule has 1 saturated heterocycles. The molecule has 3 aromatic rings. The Labute approximate surface area is 188 Å². The molecule has 1 fully saturated rings. The number of amides is 1. The molecule has 4 rings (SSSR count). The van der Waals surface area contributed by atoms with E-state index in [0.29, 0.717) is 22.0 Å². The van der Waals surface area contributed by atoms with E-state index < -0.39 is 5.97 Å². The van der Waals surface area contributed by atoms with Gasteiger partial charge in [0.05, 0.1) is 15.5 Å². The van der Waals surface area contributed by atoms with Gasteiger partial charge in [0.15, 0.2) is 5.50 Å². The van der Waals surface area contributed by atoms with Gasteiger partial charge in [0.1, 0.15) is 11.5 Å². The van der Waals surface area contributed by atoms with Gasteiger partial charge in [-0.2, -0.15) is 0 Å². The highest BCUT2D eigenvalue weighted by Crippen LogP contribution is 2.32. The number of furan rings is 1. The quantitative estimate of drug-likeness (QED) is 0.428. The van der Waals surface area contributed by atoms with Crippen molar-refractivity contribution in [2.24, 2.45) is 0 Å². The molecule has 0 radical (unpaired) electrons. The number of carboxylic acid groups (broad SMARTS) is 1. The van der Waals surface area contributed by atoms with Crippen LogP contribution in [0.2, 0.25) is 5.02 Å². The maximum Gasteiger partial charge on any atom is 0.337 e. The molecule has 2 aromatic carbocycles. The highest BCUT2D eigenvalue weighted by molar-refractivity contribution is 8.05. The first-order valence-corrected chi connectivity index (χ1v) is 10.9. The molecule has 1 amide bonds. The minimum Gasteiger partial charge on any atom is -0.478 e. The summed E-state index contributed by atoms with van der Waals surface area (Å²) in [4.78, 5) is 24.0. The summed E-state index contributed by atoms with van der Waals surface area (Å²) in [5.74, 6) is -0.228. The van der Waals surface area contributed by atoms with Crippen molar-refractivity contribution >= 4 is 47.0 Å². The molecule has 2 heterocycles. The molecule has 3 N–H and O–H groups in total. The zero-order chi connectivity index (χ0) is 22.0. The summed E-state index contributed by atoms with van der Waals surface area (Å²) >= 11 is 7.41. The van der Waals surface area contributed by atoms with Gasteiger partial charge in [0, 0.05) is 17.3 Å². The molecule has 1 aliphatic heterocycles. The van der Waals surface area contributed by atoms with Crippen LogP contribution >= 0.6 is 23.4 Å². The summed E-state index contributed by atoms with van der Waals surface area (Å²) in [5, 5.41) is 15.4. The van der Waals surface area contributed by atoms with Crippen molar-refractivity contribution in [3.05, 3.63) is 81.4 Å². The third-order valence-electron chi connectivity index (χ3n) is 4.77. The number of halogens is 1. The fraction of sp³-hybridized carbons (Fsp3) is 0.130. The first-order valence-electron chi connectivity index (χ1n) is 9.60. The summed E-state index contributed by atoms with van der Waals surface area (Å²) in [6.07, 6.45) is 2.65. The first kappa shape index (κ1) is 21.1. The summed E-state index contributed by atoms with van der Waals surface area (Å²) in [6, 6.07) is 16.2. The lowest BCUT2D eigenvalue weighted by molar-refractivity contribution is -0.116. The highest BCUT2D eigenvalue weighted by atomic mass is 35.5. The van der Waals surface area contributed by atoms with Crippen LogP contribution in [0, 0.1) is 0 Å². The van der Waals surface area contributed by atoms with Crippen LogP contribution in [0.3, 0.4) is 0 Å². The van der Waals surface area contributed by atoms with Crippen LogP contribution in [0.15, 0.2) is 63.9 Å². The van der Waals surface area contributed by atoms with E-state index in [1.165, 1.54) is 23.4 Å². The molecule has 158 valence electrons. The van der Waals surface area contributed by atoms with Crippen molar-refractivity contribution in [3.8, 4) is 11.3 Å². The zero-order valence-corrected chi connectivity index (χ0v) is 18.1. The van der Waals surface area contributed by atoms with Crippen LogP contribution in [0.4, 0.5) is 5.69 Å². The zero-order valence-electron chi connectivity index (χ0n) is 16.5. The van der Waals surface area contributed by atoms with Gasteiger partial charge in [-0.15, -0.1) is 0 Å². The fourth-order valence-corrected chi connectivity index (χ4v) is 4.34. The van der Waals surface area contributed by atoms with Gasteiger partial charge in [0.25, 0.3) is 5.91 Å². The molecular weight excluding hydrogens is 436 g/mol. The van der Waals surface area contributed by atoms with Crippen LogP contribution < -0.4 is 10.6 Å². The van der Waals surface area contributed by atoms with Crippen molar-refractivity contribution < 1.29 is 19.1 Å². The average Bonchev–Trinajstić information content (AvgIpc) is 3.35. The number of thioether (sulfide) groups is 1. The summed E-state index contributed by atoms with van der Waals surface area (Å²) < 4.78 is 5.82. The van der Waals surface area contributed by atoms with Crippen molar-refractivity contribution in [2.45, 2.75) is 18.8 Å². The minimum atomic E-state index is -1.09. The Morgan fingerprint density at radius 1 is 1.23 bits per heavy atom. The largest absolute Gasteiger partial charge is 0.478 e. The van der Waals surface area contributed by atoms with Gasteiger partial charge >= 0.3 is 5.97 Å². The van der Waals surface area contributed by atoms with Crippen molar-refractivity contribution in [3.63, 3.8) is 0 Å². The predicted molar refractivity (Wildman–Crippen MR) is 123 cm³/mol. The molecule has 1 aromatic heterocycles. The molecule has 1 atom stereocenters. The van der Waals surface area contributed by atoms with Gasteiger partial charge in [-0.25, -0.2) is 4.79 Å². The van der Waals surface area contributed by atoms with Crippen LogP contribution in [-0.4, -0.2) is 22.5 Å². The van der Waals surface area contributed by atoms with E-state index in [1.807, 2.05) is 12.1 Å². The van der Waals surface area contributed by atoms with E-state index in [1.54, 1.807) is 30.3 Å². The number of rotatable bonds is 6. The number of carboxylic acids is 1. The Morgan fingerprint density at radius 3 is 2.68 bits per heavy atom. The number of carbonyl (C=O) groups is 2. The SMILES string of the molecule is CCc1ccc(N[C@H]2NC(=O)/C(=C/c3ccc(-c4ccc(C(=O)O)c(Cl)c4)o3)S2)cc1. The van der Waals surface area contributed by atoms with Crippen molar-refractivity contribution in [2.75, 3.05) is 5.32 Å². The molecule has 0 bridgehead atoms. The second-order valence-electron chi connectivity index (χ2n) is 6.88. The molecule has 1 aliphatic rings. The fourth-order valence-electron chi connectivity index (χ4n) is 3.11. The van der Waals surface area contributed by atoms with Crippen LogP contribution in [0.25, 0.3) is 17.4 Å². The van der Waals surface area contributed by atoms with E-state index in [0.717, 1.165) is 12.1 Å². The van der Waals surface area contributed by atoms with E-state index in [9.17, 15) is 9.59 Å². The molecule has 0 aliphatic carbocycles. The number of benzene rings is 2. The van der Waals surface area contributed by atoms with Gasteiger partial charge in [0.2, 0.25) is 0 Å². The number of aryl methyl sites for hydroxylation is 1. The highest BCUT2D eigenvalue weighted by Gasteiger charge is 2.27. The molecule has 6 nitrogen and oxygen atoms in total. The van der Waals surface area contributed by atoms with E-state index in [4.69, 9.17) is 21.1 Å². The third-order valence-corrected chi connectivity index (χ3v) is 6.12. The van der Waals surface area contributed by atoms with Gasteiger partial charge < -0.3 is 20.2 Å². The topological polar surface area (TPSA) is 91.6 Å². The number of hydrogen-bond donors (Lipinski definition) is 3. The van der Waals surface area contributed by atoms with E-state index in [2.05, 4.69) is 29.7 Å². The van der Waals surface area contributed by atoms with E-state index >= 15 is 0 Å². The average molecular weight is 455 g/mol. The Hall–Kier alpha value is -3.16. The Balaban J connectivity index is 1.46. The molecule has 0 saturated carbocycles. The first-order chi connectivity index (χ1) is 14.9. The van der Waals surface area contributed by atoms with Crippen LogP contribution in [-0.2, 0) is 11.2 Å². The third kappa shape index (κ3) is 4.78. The Kier molecular flexibility index (Phi) is 6.06. The molecular formula is C23H19ClN2O4S. The number of hydrogen-bond acceptors (Lipinski definition) is 5. The number of aromatic carboxylic acids is 1. The van der Waals surface area contributed by atoms with E-state index in [-0.39, 0.29) is 22.0 Å². The summed E-state index contributed by atoms with van der Waals surface area (Å²) in [5.41, 5.74) is 2.59. The van der Waals surface area contributed by atoms with Gasteiger partial charge in [-0.1, -0.05) is 48.5 Å². The monoisotopic (exact) mass is 454 g/mol. The molecule has 8 heteroatoms. The standard InChI is InChI=1S/C23H19ClN2O4S/c1-2-13-3-6-15(7-4-13)25-23-26-21(27)20(31-23)12-16-8-10-19(30-16)14-5-9-17(22(28)29)18(24)11-14/h3-12,23,25H,2H2,1H3,(H,26,27)(H,28,29)/b20-12-/t23-/m0/s1. The lowest BCUT2D eigenvalue weighted by Crippen LogP contribution is -2.30. The second kappa shape index (κ2) is 8.91. The van der Waals surface area contributed by atoms with Gasteiger partial charge in [-0.3, -0.25) is 4.79 Å². The number of anilines is 1. The van der Waals surface area contributed by atoms with Crippen LogP contribution in [0.1, 0.15) is 28.6 Å². The lowest BCUT2D eigenvalue weighted by Gasteiger charge is -2.12. The molecule has 31 heavy (non-hydrogen) atoms. The second-order valence-corrected chi connectivity index (χ2v) is 8.43. The molecule has 0 unspecified atom stereocenters. The Morgan fingerprint density at radius 2 is 2.00 bits per heavy atom. The summed E-state index contributed by atoms with van der Waals surface area (Å²) in [6.45, 7) is 2.10. The minimum absolute atomic E-state index is 0.0289. The maximum absolute atomic E-state index is 12.3. The number of carbonyl (C=O) groups excluding carboxylic acids is 1. The lowest BCUT2D eigenvalue weighted by atomic mass is 10.1. The normalized spacial score (nSPS) is 17.0. The predicted octanol–water partition coefficient (Wildman–Crippen LogP) is 5.46. The smallest absolute Gasteiger partial charge is 0.337 e. The Bertz CT molecular complexity index is 1170. The van der Waals surface area contributed by atoms with Gasteiger partial charge in [-0.05, 0) is 48.4 Å². The maximum atomic E-state index is 12.3. The molecule has 0 spiro atoms.